The molecule has 0 bridgehead atoms. The fraction of sp³-hybridized carbons (Fsp3) is 0.444. The van der Waals surface area contributed by atoms with Gasteiger partial charge in [-0.3, -0.25) is 4.79 Å². The molecule has 0 unspecified atom stereocenters. The first kappa shape index (κ1) is 10.7. The van der Waals surface area contributed by atoms with Crippen molar-refractivity contribution in [2.75, 3.05) is 13.7 Å². The molecular weight excluding hydrogens is 186 g/mol. The lowest BCUT2D eigenvalue weighted by atomic mass is 10.3. The molecular formula is C9H13NO4. The second-order valence-corrected chi connectivity index (χ2v) is 2.77. The van der Waals surface area contributed by atoms with Gasteiger partial charge in [0, 0.05) is 18.3 Å². The largest absolute Gasteiger partial charge is 0.491 e. The topological polar surface area (TPSA) is 71.7 Å². The van der Waals surface area contributed by atoms with Crippen molar-refractivity contribution in [3.05, 3.63) is 28.2 Å². The third-order valence-electron chi connectivity index (χ3n) is 1.91. The van der Waals surface area contributed by atoms with Crippen molar-refractivity contribution in [3.63, 3.8) is 0 Å². The Balaban J connectivity index is 3.18. The smallest absolute Gasteiger partial charge is 0.223 e. The predicted molar refractivity (Wildman–Crippen MR) is 50.3 cm³/mol. The first-order valence-corrected chi connectivity index (χ1v) is 4.22. The zero-order valence-electron chi connectivity index (χ0n) is 7.93. The molecule has 5 heteroatoms. The number of ether oxygens (including phenoxy) is 1. The molecule has 0 spiro atoms. The van der Waals surface area contributed by atoms with E-state index in [1.165, 1.54) is 19.4 Å². The number of aliphatic hydroxyl groups is 2. The van der Waals surface area contributed by atoms with E-state index < -0.39 is 0 Å². The average molecular weight is 199 g/mol. The van der Waals surface area contributed by atoms with E-state index in [1.54, 1.807) is 4.57 Å². The maximum atomic E-state index is 11.3. The van der Waals surface area contributed by atoms with Gasteiger partial charge in [0.15, 0.2) is 5.75 Å². The van der Waals surface area contributed by atoms with Crippen LogP contribution in [0.25, 0.3) is 0 Å². The van der Waals surface area contributed by atoms with Crippen LogP contribution in [0.1, 0.15) is 5.69 Å². The third kappa shape index (κ3) is 2.12. The van der Waals surface area contributed by atoms with Crippen molar-refractivity contribution in [3.8, 4) is 5.75 Å². The third-order valence-corrected chi connectivity index (χ3v) is 1.91. The minimum Gasteiger partial charge on any atom is -0.491 e. The number of pyridine rings is 1. The molecule has 0 saturated carbocycles. The molecule has 0 fully saturated rings. The Bertz CT molecular complexity index is 358. The van der Waals surface area contributed by atoms with Gasteiger partial charge in [-0.15, -0.1) is 0 Å². The molecule has 14 heavy (non-hydrogen) atoms. The summed E-state index contributed by atoms with van der Waals surface area (Å²) in [6.07, 6.45) is 1.48. The lowest BCUT2D eigenvalue weighted by Gasteiger charge is -2.11. The Hall–Kier alpha value is -1.33. The highest BCUT2D eigenvalue weighted by atomic mass is 16.5. The summed E-state index contributed by atoms with van der Waals surface area (Å²) in [5, 5.41) is 17.7. The van der Waals surface area contributed by atoms with Crippen molar-refractivity contribution in [2.24, 2.45) is 0 Å². The molecule has 0 aliphatic rings. The van der Waals surface area contributed by atoms with Gasteiger partial charge >= 0.3 is 0 Å². The van der Waals surface area contributed by atoms with Crippen LogP contribution in [0.3, 0.4) is 0 Å². The maximum Gasteiger partial charge on any atom is 0.223 e. The van der Waals surface area contributed by atoms with E-state index in [0.717, 1.165) is 0 Å². The van der Waals surface area contributed by atoms with Crippen molar-refractivity contribution in [2.45, 2.75) is 13.2 Å². The van der Waals surface area contributed by atoms with Crippen molar-refractivity contribution in [1.29, 1.82) is 0 Å². The summed E-state index contributed by atoms with van der Waals surface area (Å²) in [4.78, 5) is 11.3. The Morgan fingerprint density at radius 1 is 1.50 bits per heavy atom. The van der Waals surface area contributed by atoms with Crippen LogP contribution < -0.4 is 10.2 Å². The van der Waals surface area contributed by atoms with Crippen molar-refractivity contribution < 1.29 is 14.9 Å². The zero-order chi connectivity index (χ0) is 10.6. The summed E-state index contributed by atoms with van der Waals surface area (Å²) < 4.78 is 6.42. The SMILES string of the molecule is COc1cn(CCO)c(CO)cc1=O. The molecule has 1 heterocycles. The number of hydrogen-bond acceptors (Lipinski definition) is 4. The Morgan fingerprint density at radius 2 is 2.21 bits per heavy atom. The maximum absolute atomic E-state index is 11.3. The lowest BCUT2D eigenvalue weighted by Crippen LogP contribution is -2.15. The summed E-state index contributed by atoms with van der Waals surface area (Å²) >= 11 is 0. The standard InChI is InChI=1S/C9H13NO4/c1-14-9-5-10(2-3-11)7(6-12)4-8(9)13/h4-5,11-12H,2-3,6H2,1H3. The molecule has 78 valence electrons. The fourth-order valence-electron chi connectivity index (χ4n) is 1.20. The first-order chi connectivity index (χ1) is 6.72. The molecule has 0 amide bonds. The molecule has 0 aromatic carbocycles. The molecule has 0 saturated heterocycles. The van der Waals surface area contributed by atoms with E-state index in [0.29, 0.717) is 12.2 Å². The van der Waals surface area contributed by atoms with E-state index in [-0.39, 0.29) is 24.4 Å². The highest BCUT2D eigenvalue weighted by Gasteiger charge is 2.05. The second-order valence-electron chi connectivity index (χ2n) is 2.77. The van der Waals surface area contributed by atoms with Gasteiger partial charge in [0.2, 0.25) is 5.43 Å². The number of nitrogens with zero attached hydrogens (tertiary/aromatic N) is 1. The monoisotopic (exact) mass is 199 g/mol. The van der Waals surface area contributed by atoms with Crippen LogP contribution in [-0.4, -0.2) is 28.5 Å². The molecule has 2 N–H and O–H groups in total. The minimum atomic E-state index is -0.272. The molecule has 0 aliphatic carbocycles. The number of methoxy groups -OCH3 is 1. The highest BCUT2D eigenvalue weighted by Crippen LogP contribution is 2.06. The van der Waals surface area contributed by atoms with Gasteiger partial charge in [-0.05, 0) is 0 Å². The first-order valence-electron chi connectivity index (χ1n) is 4.22. The number of rotatable bonds is 4. The van der Waals surface area contributed by atoms with Gasteiger partial charge in [0.25, 0.3) is 0 Å². The van der Waals surface area contributed by atoms with Gasteiger partial charge < -0.3 is 19.5 Å². The van der Waals surface area contributed by atoms with E-state index in [9.17, 15) is 4.79 Å². The molecule has 0 aliphatic heterocycles. The number of hydrogen-bond donors (Lipinski definition) is 2. The van der Waals surface area contributed by atoms with Crippen LogP contribution in [0.4, 0.5) is 0 Å². The van der Waals surface area contributed by atoms with Crippen LogP contribution in [-0.2, 0) is 13.2 Å². The minimum absolute atomic E-state index is 0.0565. The van der Waals surface area contributed by atoms with Crippen LogP contribution >= 0.6 is 0 Å². The second kappa shape index (κ2) is 4.78. The number of aliphatic hydroxyl groups excluding tert-OH is 2. The van der Waals surface area contributed by atoms with Crippen molar-refractivity contribution >= 4 is 0 Å². The summed E-state index contributed by atoms with van der Waals surface area (Å²) in [7, 11) is 1.40. The zero-order valence-corrected chi connectivity index (χ0v) is 7.93. The van der Waals surface area contributed by atoms with Gasteiger partial charge in [-0.25, -0.2) is 0 Å². The highest BCUT2D eigenvalue weighted by molar-refractivity contribution is 5.21. The summed E-state index contributed by atoms with van der Waals surface area (Å²) in [5.74, 6) is 0.204. The molecule has 1 aromatic heterocycles. The molecule has 1 rings (SSSR count). The van der Waals surface area contributed by atoms with Gasteiger partial charge in [0.05, 0.1) is 26.5 Å². The molecule has 0 radical (unpaired) electrons. The average Bonchev–Trinajstić information content (AvgIpc) is 2.20. The van der Waals surface area contributed by atoms with Gasteiger partial charge in [-0.1, -0.05) is 0 Å². The molecule has 1 aromatic rings. The Kier molecular flexibility index (Phi) is 3.67. The normalized spacial score (nSPS) is 10.2. The van der Waals surface area contributed by atoms with Crippen LogP contribution in [0.2, 0.25) is 0 Å². The Morgan fingerprint density at radius 3 is 2.71 bits per heavy atom. The quantitative estimate of drug-likeness (QED) is 0.675. The van der Waals surface area contributed by atoms with Crippen LogP contribution in [0, 0.1) is 0 Å². The van der Waals surface area contributed by atoms with Crippen LogP contribution in [0.15, 0.2) is 17.1 Å². The van der Waals surface area contributed by atoms with E-state index in [1.807, 2.05) is 0 Å². The summed E-state index contributed by atoms with van der Waals surface area (Å²) in [5.41, 5.74) is 0.190. The molecule has 0 atom stereocenters. The summed E-state index contributed by atoms with van der Waals surface area (Å²) in [6.45, 7) is 0.0325. The lowest BCUT2D eigenvalue weighted by molar-refractivity contribution is 0.248. The molecule has 5 nitrogen and oxygen atoms in total. The van der Waals surface area contributed by atoms with Gasteiger partial charge in [-0.2, -0.15) is 0 Å². The van der Waals surface area contributed by atoms with E-state index >= 15 is 0 Å². The van der Waals surface area contributed by atoms with E-state index in [2.05, 4.69) is 0 Å². The number of aromatic nitrogens is 1. The van der Waals surface area contributed by atoms with Gasteiger partial charge in [0.1, 0.15) is 0 Å². The summed E-state index contributed by atoms with van der Waals surface area (Å²) in [6, 6.07) is 1.30. The fourth-order valence-corrected chi connectivity index (χ4v) is 1.20. The van der Waals surface area contributed by atoms with Crippen LogP contribution in [0.5, 0.6) is 5.75 Å². The van der Waals surface area contributed by atoms with E-state index in [4.69, 9.17) is 14.9 Å². The van der Waals surface area contributed by atoms with Crippen molar-refractivity contribution in [1.82, 2.24) is 4.57 Å². The Labute approximate surface area is 81.2 Å². The predicted octanol–water partition coefficient (Wildman–Crippen LogP) is -0.659.